The zero-order valence-corrected chi connectivity index (χ0v) is 14.3. The molecule has 2 aromatic carbocycles. The van der Waals surface area contributed by atoms with Crippen LogP contribution in [0.3, 0.4) is 0 Å². The Morgan fingerprint density at radius 1 is 1.00 bits per heavy atom. The molecule has 0 fully saturated rings. The van der Waals surface area contributed by atoms with Crippen molar-refractivity contribution in [1.29, 1.82) is 0 Å². The predicted molar refractivity (Wildman–Crippen MR) is 97.5 cm³/mol. The molecule has 0 aliphatic rings. The molecule has 0 radical (unpaired) electrons. The summed E-state index contributed by atoms with van der Waals surface area (Å²) in [5.41, 5.74) is 3.33. The topological polar surface area (TPSA) is 88.9 Å². The summed E-state index contributed by atoms with van der Waals surface area (Å²) in [6.45, 7) is 2.49. The molecule has 0 atom stereocenters. The zero-order chi connectivity index (χ0) is 18.4. The van der Waals surface area contributed by atoms with Gasteiger partial charge in [-0.1, -0.05) is 24.3 Å². The van der Waals surface area contributed by atoms with E-state index in [1.807, 2.05) is 36.4 Å². The highest BCUT2D eigenvalue weighted by molar-refractivity contribution is 5.94. The molecular weight excluding hydrogens is 330 g/mol. The maximum absolute atomic E-state index is 12.3. The van der Waals surface area contributed by atoms with Crippen LogP contribution in [-0.2, 0) is 17.9 Å². The molecule has 7 heteroatoms. The number of rotatable bonds is 6. The van der Waals surface area contributed by atoms with Crippen LogP contribution >= 0.6 is 0 Å². The quantitative estimate of drug-likeness (QED) is 0.714. The smallest absolute Gasteiger partial charge is 0.251 e. The second-order valence-corrected chi connectivity index (χ2v) is 5.85. The Kier molecular flexibility index (Phi) is 5.38. The van der Waals surface area contributed by atoms with E-state index in [2.05, 4.69) is 20.7 Å². The Bertz CT molecular complexity index is 871. The summed E-state index contributed by atoms with van der Waals surface area (Å²) >= 11 is 0. The van der Waals surface area contributed by atoms with E-state index in [1.54, 1.807) is 23.1 Å². The van der Waals surface area contributed by atoms with Crippen LogP contribution in [-0.4, -0.2) is 26.6 Å². The third-order valence-corrected chi connectivity index (χ3v) is 3.75. The average Bonchev–Trinajstić information content (AvgIpc) is 3.14. The monoisotopic (exact) mass is 349 g/mol. The lowest BCUT2D eigenvalue weighted by atomic mass is 10.1. The first-order valence-electron chi connectivity index (χ1n) is 8.16. The van der Waals surface area contributed by atoms with Gasteiger partial charge < -0.3 is 10.6 Å². The molecule has 7 nitrogen and oxygen atoms in total. The minimum atomic E-state index is -0.136. The Labute approximate surface area is 151 Å². The molecule has 0 unspecified atom stereocenters. The van der Waals surface area contributed by atoms with Crippen LogP contribution in [0.4, 0.5) is 5.69 Å². The molecule has 26 heavy (non-hydrogen) atoms. The molecule has 3 aromatic rings. The molecular formula is C19H19N5O2. The van der Waals surface area contributed by atoms with Gasteiger partial charge in [-0.3, -0.25) is 9.59 Å². The molecule has 2 amide bonds. The van der Waals surface area contributed by atoms with Gasteiger partial charge in [0.15, 0.2) is 0 Å². The third-order valence-electron chi connectivity index (χ3n) is 3.75. The van der Waals surface area contributed by atoms with E-state index in [4.69, 9.17) is 0 Å². The lowest BCUT2D eigenvalue weighted by Crippen LogP contribution is -2.22. The summed E-state index contributed by atoms with van der Waals surface area (Å²) in [6.07, 6.45) is 3.14. The number of carbonyl (C=O) groups excluding carboxylic acids is 2. The van der Waals surface area contributed by atoms with Gasteiger partial charge >= 0.3 is 0 Å². The molecule has 0 saturated carbocycles. The van der Waals surface area contributed by atoms with E-state index >= 15 is 0 Å². The molecule has 0 saturated heterocycles. The molecule has 0 aliphatic carbocycles. The molecule has 0 bridgehead atoms. The maximum Gasteiger partial charge on any atom is 0.251 e. The fourth-order valence-electron chi connectivity index (χ4n) is 2.46. The summed E-state index contributed by atoms with van der Waals surface area (Å²) in [6, 6.07) is 14.7. The number of hydrogen-bond donors (Lipinski definition) is 2. The highest BCUT2D eigenvalue weighted by atomic mass is 16.2. The second kappa shape index (κ2) is 8.06. The number of carbonyl (C=O) groups is 2. The van der Waals surface area contributed by atoms with Crippen LogP contribution in [0.1, 0.15) is 28.4 Å². The van der Waals surface area contributed by atoms with Crippen molar-refractivity contribution in [2.24, 2.45) is 0 Å². The number of nitrogens with zero attached hydrogens (tertiary/aromatic N) is 3. The maximum atomic E-state index is 12.3. The van der Waals surface area contributed by atoms with Gasteiger partial charge in [-0.05, 0) is 35.4 Å². The Morgan fingerprint density at radius 2 is 1.69 bits per heavy atom. The molecule has 1 aromatic heterocycles. The Hall–Kier alpha value is -3.48. The van der Waals surface area contributed by atoms with Crippen molar-refractivity contribution in [2.75, 3.05) is 5.32 Å². The van der Waals surface area contributed by atoms with E-state index in [1.165, 1.54) is 13.3 Å². The summed E-state index contributed by atoms with van der Waals surface area (Å²) in [4.78, 5) is 27.2. The highest BCUT2D eigenvalue weighted by Crippen LogP contribution is 2.10. The van der Waals surface area contributed by atoms with Crippen LogP contribution < -0.4 is 10.6 Å². The second-order valence-electron chi connectivity index (χ2n) is 5.85. The summed E-state index contributed by atoms with van der Waals surface area (Å²) in [7, 11) is 0. The van der Waals surface area contributed by atoms with Gasteiger partial charge in [0.05, 0.1) is 6.54 Å². The van der Waals surface area contributed by atoms with E-state index in [0.717, 1.165) is 16.8 Å². The van der Waals surface area contributed by atoms with Gasteiger partial charge in [0.2, 0.25) is 5.91 Å². The molecule has 0 spiro atoms. The SMILES string of the molecule is CC(=O)Nc1ccc(CNC(=O)c2ccc(Cn3cncn3)cc2)cc1. The number of anilines is 1. The van der Waals surface area contributed by atoms with Crippen LogP contribution in [0.15, 0.2) is 61.2 Å². The van der Waals surface area contributed by atoms with E-state index < -0.39 is 0 Å². The summed E-state index contributed by atoms with van der Waals surface area (Å²) in [5, 5.41) is 9.65. The van der Waals surface area contributed by atoms with E-state index in [0.29, 0.717) is 18.7 Å². The number of nitrogens with one attached hydrogen (secondary N) is 2. The van der Waals surface area contributed by atoms with Gasteiger partial charge in [0.25, 0.3) is 5.91 Å². The lowest BCUT2D eigenvalue weighted by Gasteiger charge is -2.08. The molecule has 0 aliphatic heterocycles. The van der Waals surface area contributed by atoms with E-state index in [-0.39, 0.29) is 11.8 Å². The molecule has 132 valence electrons. The number of amides is 2. The van der Waals surface area contributed by atoms with Crippen molar-refractivity contribution < 1.29 is 9.59 Å². The highest BCUT2D eigenvalue weighted by Gasteiger charge is 2.06. The third kappa shape index (κ3) is 4.76. The van der Waals surface area contributed by atoms with Crippen LogP contribution in [0.2, 0.25) is 0 Å². The normalized spacial score (nSPS) is 10.3. The van der Waals surface area contributed by atoms with Crippen LogP contribution in [0.5, 0.6) is 0 Å². The number of aromatic nitrogens is 3. The van der Waals surface area contributed by atoms with Crippen molar-refractivity contribution in [3.05, 3.63) is 77.9 Å². The lowest BCUT2D eigenvalue weighted by molar-refractivity contribution is -0.114. The first-order valence-corrected chi connectivity index (χ1v) is 8.16. The van der Waals surface area contributed by atoms with Crippen molar-refractivity contribution >= 4 is 17.5 Å². The van der Waals surface area contributed by atoms with Gasteiger partial charge in [0, 0.05) is 24.7 Å². The number of hydrogen-bond acceptors (Lipinski definition) is 4. The van der Waals surface area contributed by atoms with Crippen molar-refractivity contribution in [3.63, 3.8) is 0 Å². The van der Waals surface area contributed by atoms with Crippen LogP contribution in [0, 0.1) is 0 Å². The molecule has 3 rings (SSSR count). The fraction of sp³-hybridized carbons (Fsp3) is 0.158. The van der Waals surface area contributed by atoms with Gasteiger partial charge in [-0.2, -0.15) is 5.10 Å². The predicted octanol–water partition coefficient (Wildman–Crippen LogP) is 2.21. The zero-order valence-electron chi connectivity index (χ0n) is 14.3. The summed E-state index contributed by atoms with van der Waals surface area (Å²) < 4.78 is 1.72. The van der Waals surface area contributed by atoms with Crippen LogP contribution in [0.25, 0.3) is 0 Å². The first kappa shape index (κ1) is 17.3. The first-order chi connectivity index (χ1) is 12.6. The minimum absolute atomic E-state index is 0.113. The summed E-state index contributed by atoms with van der Waals surface area (Å²) in [5.74, 6) is -0.249. The standard InChI is InChI=1S/C19H19N5O2/c1-14(25)23-18-8-4-15(5-9-18)10-21-19(26)17-6-2-16(3-7-17)11-24-13-20-12-22-24/h2-9,12-13H,10-11H2,1H3,(H,21,26)(H,23,25). The van der Waals surface area contributed by atoms with Gasteiger partial charge in [-0.15, -0.1) is 0 Å². The number of benzene rings is 2. The van der Waals surface area contributed by atoms with Gasteiger partial charge in [0.1, 0.15) is 12.7 Å². The van der Waals surface area contributed by atoms with Crippen molar-refractivity contribution in [2.45, 2.75) is 20.0 Å². The fourth-order valence-corrected chi connectivity index (χ4v) is 2.46. The Morgan fingerprint density at radius 3 is 2.31 bits per heavy atom. The van der Waals surface area contributed by atoms with Crippen molar-refractivity contribution in [1.82, 2.24) is 20.1 Å². The molecule has 1 heterocycles. The largest absolute Gasteiger partial charge is 0.348 e. The molecule has 2 N–H and O–H groups in total. The van der Waals surface area contributed by atoms with Crippen molar-refractivity contribution in [3.8, 4) is 0 Å². The average molecular weight is 349 g/mol. The van der Waals surface area contributed by atoms with Gasteiger partial charge in [-0.25, -0.2) is 9.67 Å². The van der Waals surface area contributed by atoms with E-state index in [9.17, 15) is 9.59 Å². The minimum Gasteiger partial charge on any atom is -0.348 e. The Balaban J connectivity index is 1.53.